The third-order valence-corrected chi connectivity index (χ3v) is 4.14. The molecule has 3 heteroatoms. The molecule has 0 radical (unpaired) electrons. The molecule has 0 fully saturated rings. The lowest BCUT2D eigenvalue weighted by Gasteiger charge is -2.18. The minimum absolute atomic E-state index is 0.229. The minimum atomic E-state index is 0.229. The first-order valence-electron chi connectivity index (χ1n) is 6.73. The third kappa shape index (κ3) is 3.22. The van der Waals surface area contributed by atoms with Crippen molar-refractivity contribution in [3.63, 3.8) is 0 Å². The van der Waals surface area contributed by atoms with Gasteiger partial charge in [0.1, 0.15) is 11.5 Å². The summed E-state index contributed by atoms with van der Waals surface area (Å²) in [5, 5.41) is 3.26. The van der Waals surface area contributed by atoms with Crippen LogP contribution in [0.3, 0.4) is 0 Å². The van der Waals surface area contributed by atoms with Crippen molar-refractivity contribution in [1.82, 2.24) is 5.32 Å². The summed E-state index contributed by atoms with van der Waals surface area (Å²) in [5.41, 5.74) is 3.56. The summed E-state index contributed by atoms with van der Waals surface area (Å²) < 4.78 is 7.20. The largest absolute Gasteiger partial charge is 0.457 e. The second-order valence-electron chi connectivity index (χ2n) is 4.99. The smallest absolute Gasteiger partial charge is 0.132 e. The van der Waals surface area contributed by atoms with Crippen LogP contribution in [0.2, 0.25) is 0 Å². The molecule has 0 aromatic heterocycles. The van der Waals surface area contributed by atoms with Crippen LogP contribution >= 0.6 is 15.9 Å². The van der Waals surface area contributed by atoms with Gasteiger partial charge in [0.05, 0.1) is 0 Å². The molecule has 0 aliphatic rings. The van der Waals surface area contributed by atoms with E-state index in [1.807, 2.05) is 31.3 Å². The van der Waals surface area contributed by atoms with Gasteiger partial charge in [0.25, 0.3) is 0 Å². The molecule has 2 aromatic rings. The van der Waals surface area contributed by atoms with Crippen LogP contribution < -0.4 is 10.1 Å². The van der Waals surface area contributed by atoms with Crippen LogP contribution in [0.5, 0.6) is 11.5 Å². The van der Waals surface area contributed by atoms with E-state index in [0.29, 0.717) is 0 Å². The van der Waals surface area contributed by atoms with E-state index in [1.165, 1.54) is 11.1 Å². The second-order valence-corrected chi connectivity index (χ2v) is 5.91. The highest BCUT2D eigenvalue weighted by atomic mass is 79.9. The van der Waals surface area contributed by atoms with Gasteiger partial charge in [0, 0.05) is 16.1 Å². The molecule has 20 heavy (non-hydrogen) atoms. The van der Waals surface area contributed by atoms with Crippen LogP contribution in [-0.2, 0) is 0 Å². The van der Waals surface area contributed by atoms with Gasteiger partial charge in [-0.2, -0.15) is 0 Å². The summed E-state index contributed by atoms with van der Waals surface area (Å²) in [6, 6.07) is 12.5. The highest BCUT2D eigenvalue weighted by Crippen LogP contribution is 2.33. The van der Waals surface area contributed by atoms with Crippen LogP contribution in [-0.4, -0.2) is 7.05 Å². The Labute approximate surface area is 129 Å². The van der Waals surface area contributed by atoms with E-state index in [2.05, 4.69) is 54.2 Å². The fourth-order valence-electron chi connectivity index (χ4n) is 2.06. The summed E-state index contributed by atoms with van der Waals surface area (Å²) in [6.45, 7) is 6.31. The van der Waals surface area contributed by atoms with Crippen LogP contribution in [0.25, 0.3) is 0 Å². The summed E-state index contributed by atoms with van der Waals surface area (Å²) in [4.78, 5) is 0. The molecule has 0 bridgehead atoms. The molecule has 0 aliphatic heterocycles. The predicted molar refractivity (Wildman–Crippen MR) is 87.6 cm³/mol. The lowest BCUT2D eigenvalue weighted by molar-refractivity contribution is 0.462. The van der Waals surface area contributed by atoms with Crippen molar-refractivity contribution in [3.05, 3.63) is 57.6 Å². The van der Waals surface area contributed by atoms with Gasteiger partial charge in [-0.25, -0.2) is 0 Å². The Morgan fingerprint density at radius 3 is 2.55 bits per heavy atom. The first-order chi connectivity index (χ1) is 9.52. The molecule has 0 heterocycles. The molecule has 0 amide bonds. The van der Waals surface area contributed by atoms with Crippen LogP contribution in [0.15, 0.2) is 40.9 Å². The Bertz CT molecular complexity index is 610. The maximum Gasteiger partial charge on any atom is 0.132 e. The summed E-state index contributed by atoms with van der Waals surface area (Å²) >= 11 is 3.52. The number of nitrogens with one attached hydrogen (secondary N) is 1. The van der Waals surface area contributed by atoms with Gasteiger partial charge in [0.2, 0.25) is 0 Å². The number of rotatable bonds is 4. The molecule has 1 atom stereocenters. The van der Waals surface area contributed by atoms with E-state index in [9.17, 15) is 0 Å². The summed E-state index contributed by atoms with van der Waals surface area (Å²) in [7, 11) is 1.95. The zero-order chi connectivity index (χ0) is 14.7. The van der Waals surface area contributed by atoms with Gasteiger partial charge in [-0.3, -0.25) is 0 Å². The van der Waals surface area contributed by atoms with Crippen LogP contribution in [0, 0.1) is 13.8 Å². The van der Waals surface area contributed by atoms with Gasteiger partial charge in [-0.05, 0) is 63.2 Å². The Morgan fingerprint density at radius 1 is 1.10 bits per heavy atom. The fourth-order valence-corrected chi connectivity index (χ4v) is 2.44. The Kier molecular flexibility index (Phi) is 4.84. The van der Waals surface area contributed by atoms with Gasteiger partial charge in [0.15, 0.2) is 0 Å². The quantitative estimate of drug-likeness (QED) is 0.836. The van der Waals surface area contributed by atoms with Crippen LogP contribution in [0.1, 0.15) is 29.7 Å². The Balaban J connectivity index is 2.40. The molecular formula is C17H20BrNO. The van der Waals surface area contributed by atoms with Gasteiger partial charge < -0.3 is 10.1 Å². The van der Waals surface area contributed by atoms with Crippen molar-refractivity contribution in [2.45, 2.75) is 26.8 Å². The van der Waals surface area contributed by atoms with E-state index < -0.39 is 0 Å². The second kappa shape index (κ2) is 6.42. The molecule has 2 aromatic carbocycles. The van der Waals surface area contributed by atoms with E-state index in [4.69, 9.17) is 4.74 Å². The third-order valence-electron chi connectivity index (χ3n) is 3.65. The van der Waals surface area contributed by atoms with E-state index >= 15 is 0 Å². The fraction of sp³-hybridized carbons (Fsp3) is 0.294. The van der Waals surface area contributed by atoms with Crippen molar-refractivity contribution >= 4 is 15.9 Å². The average Bonchev–Trinajstić information content (AvgIpc) is 2.44. The number of aryl methyl sites for hydroxylation is 1. The highest BCUT2D eigenvalue weighted by molar-refractivity contribution is 9.10. The van der Waals surface area contributed by atoms with Crippen molar-refractivity contribution in [3.8, 4) is 11.5 Å². The lowest BCUT2D eigenvalue weighted by Crippen LogP contribution is -2.13. The van der Waals surface area contributed by atoms with E-state index in [1.54, 1.807) is 0 Å². The topological polar surface area (TPSA) is 21.3 Å². The molecular weight excluding hydrogens is 314 g/mol. The minimum Gasteiger partial charge on any atom is -0.457 e. The van der Waals surface area contributed by atoms with Crippen molar-refractivity contribution in [2.24, 2.45) is 0 Å². The maximum absolute atomic E-state index is 6.14. The summed E-state index contributed by atoms with van der Waals surface area (Å²) in [5.74, 6) is 1.81. The molecule has 2 rings (SSSR count). The molecule has 106 valence electrons. The first-order valence-corrected chi connectivity index (χ1v) is 7.53. The van der Waals surface area contributed by atoms with Crippen molar-refractivity contribution < 1.29 is 4.74 Å². The molecule has 2 nitrogen and oxygen atoms in total. The van der Waals surface area contributed by atoms with Gasteiger partial charge >= 0.3 is 0 Å². The highest BCUT2D eigenvalue weighted by Gasteiger charge is 2.12. The molecule has 0 spiro atoms. The molecule has 0 saturated heterocycles. The first kappa shape index (κ1) is 15.1. The number of benzene rings is 2. The zero-order valence-electron chi connectivity index (χ0n) is 12.3. The van der Waals surface area contributed by atoms with Crippen molar-refractivity contribution in [1.29, 1.82) is 0 Å². The Hall–Kier alpha value is -1.32. The lowest BCUT2D eigenvalue weighted by atomic mass is 10.1. The number of hydrogen-bond acceptors (Lipinski definition) is 2. The zero-order valence-corrected chi connectivity index (χ0v) is 13.9. The number of ether oxygens (including phenoxy) is 1. The van der Waals surface area contributed by atoms with Crippen LogP contribution in [0.4, 0.5) is 0 Å². The molecule has 1 unspecified atom stereocenters. The molecule has 0 saturated carbocycles. The van der Waals surface area contributed by atoms with E-state index in [-0.39, 0.29) is 6.04 Å². The normalized spacial score (nSPS) is 12.2. The Morgan fingerprint density at radius 2 is 1.85 bits per heavy atom. The van der Waals surface area contributed by atoms with Crippen molar-refractivity contribution in [2.75, 3.05) is 7.05 Å². The monoisotopic (exact) mass is 333 g/mol. The standard InChI is InChI=1S/C17H20BrNO/c1-11-6-5-7-16(12(11)2)20-17-9-8-14(18)10-15(17)13(3)19-4/h5-10,13,19H,1-4H3. The SMILES string of the molecule is CNC(C)c1cc(Br)ccc1Oc1cccc(C)c1C. The summed E-state index contributed by atoms with van der Waals surface area (Å²) in [6.07, 6.45) is 0. The van der Waals surface area contributed by atoms with E-state index in [0.717, 1.165) is 21.5 Å². The number of halogens is 1. The molecule has 0 aliphatic carbocycles. The molecule has 1 N–H and O–H groups in total. The predicted octanol–water partition coefficient (Wildman–Crippen LogP) is 5.14. The van der Waals surface area contributed by atoms with Gasteiger partial charge in [-0.1, -0.05) is 28.1 Å². The maximum atomic E-state index is 6.14. The number of hydrogen-bond donors (Lipinski definition) is 1. The van der Waals surface area contributed by atoms with Gasteiger partial charge in [-0.15, -0.1) is 0 Å². The average molecular weight is 334 g/mol.